The van der Waals surface area contributed by atoms with Gasteiger partial charge in [0.05, 0.1) is 0 Å². The quantitative estimate of drug-likeness (QED) is 0.283. The van der Waals surface area contributed by atoms with Crippen LogP contribution in [0.1, 0.15) is 19.3 Å². The van der Waals surface area contributed by atoms with Gasteiger partial charge in [0.2, 0.25) is 5.91 Å². The number of likely N-dealkylation sites (tertiary alicyclic amines) is 1. The Bertz CT molecular complexity index is 1430. The van der Waals surface area contributed by atoms with Crippen LogP contribution in [0, 0.1) is 11.8 Å². The molecule has 35 heavy (non-hydrogen) atoms. The van der Waals surface area contributed by atoms with Crippen LogP contribution in [-0.2, 0) is 11.3 Å². The normalized spacial score (nSPS) is 17.9. The first-order chi connectivity index (χ1) is 17.0. The van der Waals surface area contributed by atoms with Gasteiger partial charge in [-0.05, 0) is 42.9 Å². The summed E-state index contributed by atoms with van der Waals surface area (Å²) in [6.07, 6.45) is 4.49. The Hall–Kier alpha value is -2.67. The van der Waals surface area contributed by atoms with Gasteiger partial charge in [0.25, 0.3) is 0 Å². The Labute approximate surface area is 217 Å². The average molecular weight is 527 g/mol. The molecule has 0 spiro atoms. The first-order valence-corrected chi connectivity index (χ1v) is 12.8. The second-order valence-electron chi connectivity index (χ2n) is 9.30. The molecule has 4 aromatic rings. The number of hydrogen-bond donors (Lipinski definition) is 0. The number of benzene rings is 2. The van der Waals surface area contributed by atoms with Crippen molar-refractivity contribution < 1.29 is 4.79 Å². The third-order valence-electron chi connectivity index (χ3n) is 6.84. The number of imidazole rings is 1. The summed E-state index contributed by atoms with van der Waals surface area (Å²) >= 11 is 18.8. The van der Waals surface area contributed by atoms with E-state index in [-0.39, 0.29) is 5.92 Å². The van der Waals surface area contributed by atoms with Crippen molar-refractivity contribution in [3.8, 4) is 22.5 Å². The van der Waals surface area contributed by atoms with Gasteiger partial charge < -0.3 is 9.47 Å². The van der Waals surface area contributed by atoms with Gasteiger partial charge in [0, 0.05) is 46.7 Å². The van der Waals surface area contributed by atoms with E-state index >= 15 is 0 Å². The molecule has 1 saturated carbocycles. The summed E-state index contributed by atoms with van der Waals surface area (Å²) in [5, 5.41) is 1.54. The summed E-state index contributed by atoms with van der Waals surface area (Å²) in [6.45, 7) is 2.29. The van der Waals surface area contributed by atoms with Gasteiger partial charge in [-0.3, -0.25) is 4.79 Å². The maximum atomic E-state index is 12.5. The highest BCUT2D eigenvalue weighted by molar-refractivity contribution is 6.36. The minimum atomic E-state index is 0.248. The molecule has 178 valence electrons. The molecule has 2 aromatic heterocycles. The van der Waals surface area contributed by atoms with Gasteiger partial charge in [-0.1, -0.05) is 65.1 Å². The molecule has 1 atom stereocenters. The third kappa shape index (κ3) is 4.39. The molecular weight excluding hydrogens is 505 g/mol. The fourth-order valence-corrected chi connectivity index (χ4v) is 5.54. The van der Waals surface area contributed by atoms with Crippen LogP contribution in [-0.4, -0.2) is 43.4 Å². The zero-order chi connectivity index (χ0) is 24.1. The molecular formula is C26H22Cl3N5O. The SMILES string of the molecule is O=C(C1CC1)N1CC[C@H](Cn2c(-c3ccc(-c4ccc(Cl)cc4Cl)cc3)nc3c(Cl)ncnc32)C1. The number of amides is 1. The fourth-order valence-electron chi connectivity index (χ4n) is 4.85. The van der Waals surface area contributed by atoms with Gasteiger partial charge in [-0.25, -0.2) is 15.0 Å². The molecule has 6 rings (SSSR count). The first-order valence-electron chi connectivity index (χ1n) is 11.7. The van der Waals surface area contributed by atoms with E-state index in [0.29, 0.717) is 44.7 Å². The maximum absolute atomic E-state index is 12.5. The summed E-state index contributed by atoms with van der Waals surface area (Å²) < 4.78 is 2.11. The van der Waals surface area contributed by atoms with Crippen LogP contribution in [0.4, 0.5) is 0 Å². The van der Waals surface area contributed by atoms with Crippen molar-refractivity contribution >= 4 is 51.9 Å². The summed E-state index contributed by atoms with van der Waals surface area (Å²) in [6, 6.07) is 13.6. The highest BCUT2D eigenvalue weighted by Crippen LogP contribution is 2.35. The van der Waals surface area contributed by atoms with Gasteiger partial charge >= 0.3 is 0 Å². The second-order valence-corrected chi connectivity index (χ2v) is 10.5. The van der Waals surface area contributed by atoms with E-state index in [1.165, 1.54) is 6.33 Å². The summed E-state index contributed by atoms with van der Waals surface area (Å²) in [5.74, 6) is 1.67. The van der Waals surface area contributed by atoms with Crippen LogP contribution in [0.25, 0.3) is 33.7 Å². The van der Waals surface area contributed by atoms with E-state index < -0.39 is 0 Å². The van der Waals surface area contributed by atoms with Crippen molar-refractivity contribution in [2.45, 2.75) is 25.8 Å². The van der Waals surface area contributed by atoms with Crippen molar-refractivity contribution in [2.75, 3.05) is 13.1 Å². The molecule has 2 fully saturated rings. The van der Waals surface area contributed by atoms with Crippen molar-refractivity contribution in [1.82, 2.24) is 24.4 Å². The zero-order valence-electron chi connectivity index (χ0n) is 18.8. The van der Waals surface area contributed by atoms with E-state index in [4.69, 9.17) is 39.8 Å². The van der Waals surface area contributed by atoms with Gasteiger partial charge in [0.1, 0.15) is 17.7 Å². The monoisotopic (exact) mass is 525 g/mol. The first kappa shape index (κ1) is 22.8. The van der Waals surface area contributed by atoms with Crippen LogP contribution in [0.2, 0.25) is 15.2 Å². The number of hydrogen-bond acceptors (Lipinski definition) is 4. The van der Waals surface area contributed by atoms with Crippen molar-refractivity contribution in [2.24, 2.45) is 11.8 Å². The molecule has 0 unspecified atom stereocenters. The lowest BCUT2D eigenvalue weighted by Crippen LogP contribution is -2.30. The van der Waals surface area contributed by atoms with Gasteiger partial charge in [-0.15, -0.1) is 0 Å². The average Bonchev–Trinajstić information content (AvgIpc) is 3.49. The van der Waals surface area contributed by atoms with E-state index in [1.54, 1.807) is 6.07 Å². The van der Waals surface area contributed by atoms with Crippen molar-refractivity contribution in [3.63, 3.8) is 0 Å². The van der Waals surface area contributed by atoms with Crippen LogP contribution >= 0.6 is 34.8 Å². The van der Waals surface area contributed by atoms with Crippen LogP contribution in [0.5, 0.6) is 0 Å². The lowest BCUT2D eigenvalue weighted by Gasteiger charge is -2.17. The van der Waals surface area contributed by atoms with Crippen LogP contribution < -0.4 is 0 Å². The van der Waals surface area contributed by atoms with E-state index in [0.717, 1.165) is 54.9 Å². The standard InChI is InChI=1S/C26H22Cl3N5O/c27-19-7-8-20(21(28)11-19)16-1-3-17(4-2-16)24-32-22-23(29)30-14-31-25(22)34(24)13-15-9-10-33(12-15)26(35)18-5-6-18/h1-4,7-8,11,14-15,18H,5-6,9-10,12-13H2/t15-/m0/s1. The topological polar surface area (TPSA) is 63.9 Å². The minimum absolute atomic E-state index is 0.248. The summed E-state index contributed by atoms with van der Waals surface area (Å²) in [7, 11) is 0. The lowest BCUT2D eigenvalue weighted by molar-refractivity contribution is -0.131. The number of nitrogens with zero attached hydrogens (tertiary/aromatic N) is 5. The Morgan fingerprint density at radius 2 is 1.74 bits per heavy atom. The largest absolute Gasteiger partial charge is 0.342 e. The lowest BCUT2D eigenvalue weighted by atomic mass is 10.0. The van der Waals surface area contributed by atoms with Crippen LogP contribution in [0.15, 0.2) is 48.8 Å². The second kappa shape index (κ2) is 9.08. The van der Waals surface area contributed by atoms with Crippen molar-refractivity contribution in [3.05, 3.63) is 64.0 Å². The molecule has 0 N–H and O–H groups in total. The third-order valence-corrected chi connectivity index (χ3v) is 7.66. The molecule has 2 aliphatic rings. The number of aromatic nitrogens is 4. The molecule has 6 nitrogen and oxygen atoms in total. The van der Waals surface area contributed by atoms with E-state index in [2.05, 4.69) is 14.5 Å². The van der Waals surface area contributed by atoms with E-state index in [9.17, 15) is 4.79 Å². The number of carbonyl (C=O) groups excluding carboxylic acids is 1. The molecule has 3 heterocycles. The molecule has 1 saturated heterocycles. The maximum Gasteiger partial charge on any atom is 0.225 e. The smallest absolute Gasteiger partial charge is 0.225 e. The van der Waals surface area contributed by atoms with Gasteiger partial charge in [0.15, 0.2) is 10.8 Å². The Balaban J connectivity index is 1.33. The molecule has 1 amide bonds. The number of carbonyl (C=O) groups is 1. The summed E-state index contributed by atoms with van der Waals surface area (Å²) in [4.78, 5) is 28.0. The molecule has 0 bridgehead atoms. The summed E-state index contributed by atoms with van der Waals surface area (Å²) in [5.41, 5.74) is 4.13. The molecule has 1 aliphatic heterocycles. The van der Waals surface area contributed by atoms with Crippen LogP contribution in [0.3, 0.4) is 0 Å². The Kier molecular flexibility index (Phi) is 5.91. The molecule has 1 aliphatic carbocycles. The predicted octanol–water partition coefficient (Wildman–Crippen LogP) is 6.38. The fraction of sp³-hybridized carbons (Fsp3) is 0.308. The number of fused-ring (bicyclic) bond motifs is 1. The highest BCUT2D eigenvalue weighted by atomic mass is 35.5. The Morgan fingerprint density at radius 3 is 2.49 bits per heavy atom. The predicted molar refractivity (Wildman–Crippen MR) is 139 cm³/mol. The van der Waals surface area contributed by atoms with Crippen molar-refractivity contribution in [1.29, 1.82) is 0 Å². The Morgan fingerprint density at radius 1 is 0.971 bits per heavy atom. The molecule has 2 aromatic carbocycles. The van der Waals surface area contributed by atoms with E-state index in [1.807, 2.05) is 41.3 Å². The molecule has 9 heteroatoms. The highest BCUT2D eigenvalue weighted by Gasteiger charge is 2.37. The molecule has 0 radical (unpaired) electrons. The minimum Gasteiger partial charge on any atom is -0.342 e. The zero-order valence-corrected chi connectivity index (χ0v) is 21.1. The number of halogens is 3. The number of rotatable bonds is 5. The van der Waals surface area contributed by atoms with Gasteiger partial charge in [-0.2, -0.15) is 0 Å².